The van der Waals surface area contributed by atoms with E-state index < -0.39 is 0 Å². The van der Waals surface area contributed by atoms with Gasteiger partial charge in [-0.2, -0.15) is 0 Å². The zero-order valence-corrected chi connectivity index (χ0v) is 8.60. The molecule has 2 unspecified atom stereocenters. The molecule has 1 rings (SSSR count). The van der Waals surface area contributed by atoms with Gasteiger partial charge in [0.2, 0.25) is 0 Å². The van der Waals surface area contributed by atoms with E-state index in [9.17, 15) is 0 Å². The molecular formula is C10H19Si. The lowest BCUT2D eigenvalue weighted by atomic mass is 9.85. The molecule has 0 nitrogen and oxygen atoms in total. The minimum atomic E-state index is 0.829. The standard InChI is InChI=1S/C10H19Si/c1-2-3-6-9-7-4-5-8-10(9)11/h9-10H,2-8H2,1H3. The molecule has 1 aliphatic rings. The molecule has 1 heteroatoms. The van der Waals surface area contributed by atoms with Gasteiger partial charge in [0.05, 0.1) is 0 Å². The molecule has 1 aliphatic carbocycles. The molecule has 1 saturated carbocycles. The molecule has 0 saturated heterocycles. The predicted octanol–water partition coefficient (Wildman–Crippen LogP) is 3.32. The molecule has 11 heavy (non-hydrogen) atoms. The number of unbranched alkanes of at least 4 members (excludes halogenated alkanes) is 1. The lowest BCUT2D eigenvalue weighted by molar-refractivity contribution is 0.332. The highest BCUT2D eigenvalue weighted by atomic mass is 28.1. The first-order valence-corrected chi connectivity index (χ1v) is 5.63. The average molecular weight is 167 g/mol. The van der Waals surface area contributed by atoms with Gasteiger partial charge in [-0.05, 0) is 11.5 Å². The first-order chi connectivity index (χ1) is 5.34. The topological polar surface area (TPSA) is 0 Å². The van der Waals surface area contributed by atoms with Crippen LogP contribution in [0.3, 0.4) is 0 Å². The van der Waals surface area contributed by atoms with Crippen LogP contribution < -0.4 is 0 Å². The van der Waals surface area contributed by atoms with Crippen molar-refractivity contribution < 1.29 is 0 Å². The van der Waals surface area contributed by atoms with E-state index in [0.717, 1.165) is 11.5 Å². The SMILES string of the molecule is CCCCC1CCCCC1[Si]. The molecule has 1 fully saturated rings. The second-order valence-corrected chi connectivity index (χ2v) is 4.53. The fraction of sp³-hybridized carbons (Fsp3) is 1.00. The minimum Gasteiger partial charge on any atom is -0.0654 e. The van der Waals surface area contributed by atoms with Crippen LogP contribution in [-0.2, 0) is 0 Å². The number of hydrogen-bond acceptors (Lipinski definition) is 0. The summed E-state index contributed by atoms with van der Waals surface area (Å²) in [5.41, 5.74) is 0.829. The molecule has 0 aliphatic heterocycles. The molecule has 2 atom stereocenters. The lowest BCUT2D eigenvalue weighted by Gasteiger charge is -2.28. The van der Waals surface area contributed by atoms with Gasteiger partial charge in [0.1, 0.15) is 0 Å². The van der Waals surface area contributed by atoms with Gasteiger partial charge < -0.3 is 0 Å². The van der Waals surface area contributed by atoms with Gasteiger partial charge in [-0.15, -0.1) is 0 Å². The van der Waals surface area contributed by atoms with Gasteiger partial charge in [0, 0.05) is 10.2 Å². The maximum absolute atomic E-state index is 3.83. The van der Waals surface area contributed by atoms with Gasteiger partial charge in [-0.25, -0.2) is 0 Å². The summed E-state index contributed by atoms with van der Waals surface area (Å²) < 4.78 is 0. The molecule has 0 aromatic carbocycles. The Kier molecular flexibility index (Phi) is 4.20. The third kappa shape index (κ3) is 2.98. The minimum absolute atomic E-state index is 0.829. The van der Waals surface area contributed by atoms with Crippen molar-refractivity contribution in [3.63, 3.8) is 0 Å². The van der Waals surface area contributed by atoms with Crippen molar-refractivity contribution in [1.82, 2.24) is 0 Å². The van der Waals surface area contributed by atoms with Crippen molar-refractivity contribution in [3.8, 4) is 0 Å². The summed E-state index contributed by atoms with van der Waals surface area (Å²) in [5.74, 6) is 0.986. The predicted molar refractivity (Wildman–Crippen MR) is 51.0 cm³/mol. The number of hydrogen-bond donors (Lipinski definition) is 0. The Morgan fingerprint density at radius 1 is 1.27 bits per heavy atom. The van der Waals surface area contributed by atoms with Crippen molar-refractivity contribution >= 4 is 10.2 Å². The zero-order valence-electron chi connectivity index (χ0n) is 7.60. The van der Waals surface area contributed by atoms with Crippen molar-refractivity contribution in [2.75, 3.05) is 0 Å². The molecule has 0 bridgehead atoms. The van der Waals surface area contributed by atoms with E-state index in [2.05, 4.69) is 17.2 Å². The fourth-order valence-electron chi connectivity index (χ4n) is 2.02. The summed E-state index contributed by atoms with van der Waals surface area (Å²) in [5, 5.41) is 0. The summed E-state index contributed by atoms with van der Waals surface area (Å²) in [4.78, 5) is 0. The Labute approximate surface area is 74.2 Å². The normalized spacial score (nSPS) is 32.2. The van der Waals surface area contributed by atoms with Crippen molar-refractivity contribution in [2.45, 2.75) is 57.4 Å². The van der Waals surface area contributed by atoms with Crippen LogP contribution in [-0.4, -0.2) is 10.2 Å². The summed E-state index contributed by atoms with van der Waals surface area (Å²) in [6, 6.07) is 0. The maximum Gasteiger partial charge on any atom is 0.0270 e. The highest BCUT2D eigenvalue weighted by Crippen LogP contribution is 2.35. The van der Waals surface area contributed by atoms with Crippen LogP contribution in [0.2, 0.25) is 5.54 Å². The Morgan fingerprint density at radius 2 is 2.00 bits per heavy atom. The van der Waals surface area contributed by atoms with Crippen molar-refractivity contribution in [1.29, 1.82) is 0 Å². The van der Waals surface area contributed by atoms with Crippen LogP contribution >= 0.6 is 0 Å². The smallest absolute Gasteiger partial charge is 0.0270 e. The van der Waals surface area contributed by atoms with E-state index in [4.69, 9.17) is 0 Å². The van der Waals surface area contributed by atoms with Gasteiger partial charge in [-0.1, -0.05) is 51.9 Å². The van der Waals surface area contributed by atoms with Gasteiger partial charge in [-0.3, -0.25) is 0 Å². The van der Waals surface area contributed by atoms with E-state index in [1.807, 2.05) is 0 Å². The summed E-state index contributed by atoms with van der Waals surface area (Å²) in [6.45, 7) is 2.28. The second-order valence-electron chi connectivity index (χ2n) is 3.79. The van der Waals surface area contributed by atoms with Gasteiger partial charge in [0.15, 0.2) is 0 Å². The first kappa shape index (κ1) is 9.31. The van der Waals surface area contributed by atoms with Crippen molar-refractivity contribution in [2.24, 2.45) is 5.92 Å². The second kappa shape index (κ2) is 4.97. The molecule has 0 aromatic heterocycles. The average Bonchev–Trinajstić information content (AvgIpc) is 2.03. The van der Waals surface area contributed by atoms with Crippen LogP contribution in [0.15, 0.2) is 0 Å². The summed E-state index contributed by atoms with van der Waals surface area (Å²) >= 11 is 0. The summed E-state index contributed by atoms with van der Waals surface area (Å²) in [6.07, 6.45) is 10.0. The highest BCUT2D eigenvalue weighted by molar-refractivity contribution is 6.11. The van der Waals surface area contributed by atoms with Crippen LogP contribution in [0.1, 0.15) is 51.9 Å². The molecule has 0 N–H and O–H groups in total. The monoisotopic (exact) mass is 167 g/mol. The Hall–Kier alpha value is 0.217. The van der Waals surface area contributed by atoms with Crippen LogP contribution in [0.25, 0.3) is 0 Å². The Morgan fingerprint density at radius 3 is 2.64 bits per heavy atom. The van der Waals surface area contributed by atoms with Crippen LogP contribution in [0.4, 0.5) is 0 Å². The third-order valence-corrected chi connectivity index (χ3v) is 3.60. The molecule has 0 aromatic rings. The maximum atomic E-state index is 3.83. The van der Waals surface area contributed by atoms with Crippen LogP contribution in [0, 0.1) is 5.92 Å². The lowest BCUT2D eigenvalue weighted by Crippen LogP contribution is -2.14. The Bertz CT molecular complexity index is 101. The molecule has 3 radical (unpaired) electrons. The largest absolute Gasteiger partial charge is 0.0654 e. The summed E-state index contributed by atoms with van der Waals surface area (Å²) in [7, 11) is 3.83. The molecule has 0 amide bonds. The van der Waals surface area contributed by atoms with E-state index in [1.165, 1.54) is 44.9 Å². The molecule has 0 spiro atoms. The molecule has 63 valence electrons. The Balaban J connectivity index is 2.18. The number of rotatable bonds is 3. The molecule has 0 heterocycles. The zero-order chi connectivity index (χ0) is 8.10. The molecular weight excluding hydrogens is 148 g/mol. The third-order valence-electron chi connectivity index (χ3n) is 2.84. The van der Waals surface area contributed by atoms with Crippen molar-refractivity contribution in [3.05, 3.63) is 0 Å². The van der Waals surface area contributed by atoms with Gasteiger partial charge in [0.25, 0.3) is 0 Å². The van der Waals surface area contributed by atoms with E-state index in [0.29, 0.717) is 0 Å². The van der Waals surface area contributed by atoms with E-state index in [1.54, 1.807) is 0 Å². The van der Waals surface area contributed by atoms with E-state index in [-0.39, 0.29) is 0 Å². The van der Waals surface area contributed by atoms with Gasteiger partial charge >= 0.3 is 0 Å². The first-order valence-electron chi connectivity index (χ1n) is 5.05. The highest BCUT2D eigenvalue weighted by Gasteiger charge is 2.19. The van der Waals surface area contributed by atoms with Crippen LogP contribution in [0.5, 0.6) is 0 Å². The quantitative estimate of drug-likeness (QED) is 0.566. The van der Waals surface area contributed by atoms with E-state index >= 15 is 0 Å². The fourth-order valence-corrected chi connectivity index (χ4v) is 2.56.